The van der Waals surface area contributed by atoms with Gasteiger partial charge < -0.3 is 14.8 Å². The molecule has 0 heterocycles. The number of hydrogen-bond acceptors (Lipinski definition) is 3. The van der Waals surface area contributed by atoms with Gasteiger partial charge in [0, 0.05) is 10.7 Å². The van der Waals surface area contributed by atoms with Crippen molar-refractivity contribution in [3.05, 3.63) is 53.1 Å². The number of nitrogens with one attached hydrogen (secondary N) is 1. The molecular formula is C18H20ClNO3. The first-order valence-corrected chi connectivity index (χ1v) is 7.56. The molecular weight excluding hydrogens is 314 g/mol. The highest BCUT2D eigenvalue weighted by molar-refractivity contribution is 6.30. The number of methoxy groups -OCH3 is 2. The van der Waals surface area contributed by atoms with E-state index in [1.165, 1.54) is 0 Å². The summed E-state index contributed by atoms with van der Waals surface area (Å²) in [6, 6.07) is 12.5. The summed E-state index contributed by atoms with van der Waals surface area (Å²) in [4.78, 5) is 12.7. The van der Waals surface area contributed by atoms with Crippen LogP contribution < -0.4 is 14.8 Å². The smallest absolute Gasteiger partial charge is 0.234 e. The van der Waals surface area contributed by atoms with Gasteiger partial charge in [-0.3, -0.25) is 4.79 Å². The monoisotopic (exact) mass is 333 g/mol. The van der Waals surface area contributed by atoms with E-state index in [4.69, 9.17) is 21.1 Å². The molecule has 0 atom stereocenters. The Balaban J connectivity index is 2.28. The van der Waals surface area contributed by atoms with E-state index in [-0.39, 0.29) is 5.91 Å². The highest BCUT2D eigenvalue weighted by Gasteiger charge is 2.30. The van der Waals surface area contributed by atoms with Crippen LogP contribution >= 0.6 is 11.6 Å². The molecule has 5 heteroatoms. The van der Waals surface area contributed by atoms with Crippen molar-refractivity contribution in [1.29, 1.82) is 0 Å². The van der Waals surface area contributed by atoms with Gasteiger partial charge in [-0.2, -0.15) is 0 Å². The third-order valence-corrected chi connectivity index (χ3v) is 3.99. The summed E-state index contributed by atoms with van der Waals surface area (Å²) in [5.41, 5.74) is 0.743. The Labute approximate surface area is 141 Å². The molecule has 1 N–H and O–H groups in total. The minimum Gasteiger partial charge on any atom is -0.493 e. The maximum Gasteiger partial charge on any atom is 0.234 e. The Hall–Kier alpha value is -2.20. The molecule has 0 aliphatic heterocycles. The van der Waals surface area contributed by atoms with E-state index >= 15 is 0 Å². The van der Waals surface area contributed by atoms with Crippen LogP contribution in [0.2, 0.25) is 5.02 Å². The molecule has 0 aromatic heterocycles. The normalized spacial score (nSPS) is 11.0. The number of anilines is 1. The first-order chi connectivity index (χ1) is 10.9. The average Bonchev–Trinajstić information content (AvgIpc) is 2.54. The van der Waals surface area contributed by atoms with Crippen LogP contribution in [0, 0.1) is 0 Å². The van der Waals surface area contributed by atoms with Gasteiger partial charge in [-0.1, -0.05) is 23.7 Å². The molecule has 0 unspecified atom stereocenters. The lowest BCUT2D eigenvalue weighted by Gasteiger charge is -2.25. The van der Waals surface area contributed by atoms with E-state index < -0.39 is 5.41 Å². The SMILES string of the molecule is COc1ccc(C(C)(C)C(=O)Nc2cccc(Cl)c2)cc1OC. The molecule has 0 fully saturated rings. The highest BCUT2D eigenvalue weighted by Crippen LogP contribution is 2.34. The maximum atomic E-state index is 12.7. The second-order valence-corrected chi connectivity index (χ2v) is 6.10. The predicted octanol–water partition coefficient (Wildman–Crippen LogP) is 4.27. The number of amides is 1. The lowest BCUT2D eigenvalue weighted by molar-refractivity contribution is -0.120. The number of carbonyl (C=O) groups excluding carboxylic acids is 1. The molecule has 122 valence electrons. The molecule has 0 radical (unpaired) electrons. The molecule has 4 nitrogen and oxygen atoms in total. The Morgan fingerprint density at radius 1 is 1.04 bits per heavy atom. The number of halogens is 1. The number of benzene rings is 2. The van der Waals surface area contributed by atoms with Crippen molar-refractivity contribution >= 4 is 23.2 Å². The number of carbonyl (C=O) groups is 1. The predicted molar refractivity (Wildman–Crippen MR) is 92.7 cm³/mol. The van der Waals surface area contributed by atoms with Crippen LogP contribution in [-0.4, -0.2) is 20.1 Å². The third-order valence-electron chi connectivity index (χ3n) is 3.76. The highest BCUT2D eigenvalue weighted by atomic mass is 35.5. The third kappa shape index (κ3) is 3.77. The fourth-order valence-electron chi connectivity index (χ4n) is 2.21. The van der Waals surface area contributed by atoms with Crippen LogP contribution in [-0.2, 0) is 10.2 Å². The minimum absolute atomic E-state index is 0.132. The summed E-state index contributed by atoms with van der Waals surface area (Å²) in [5.74, 6) is 1.09. The summed E-state index contributed by atoms with van der Waals surface area (Å²) < 4.78 is 10.5. The van der Waals surface area contributed by atoms with Crippen LogP contribution in [0.5, 0.6) is 11.5 Å². The maximum absolute atomic E-state index is 12.7. The summed E-state index contributed by atoms with van der Waals surface area (Å²) in [5, 5.41) is 3.47. The second-order valence-electron chi connectivity index (χ2n) is 5.66. The fraction of sp³-hybridized carbons (Fsp3) is 0.278. The van der Waals surface area contributed by atoms with Crippen molar-refractivity contribution < 1.29 is 14.3 Å². The van der Waals surface area contributed by atoms with Gasteiger partial charge >= 0.3 is 0 Å². The van der Waals surface area contributed by atoms with Crippen LogP contribution in [0.3, 0.4) is 0 Å². The van der Waals surface area contributed by atoms with Crippen LogP contribution in [0.25, 0.3) is 0 Å². The molecule has 2 rings (SSSR count). The van der Waals surface area contributed by atoms with Crippen molar-refractivity contribution in [2.24, 2.45) is 0 Å². The zero-order valence-electron chi connectivity index (χ0n) is 13.6. The first kappa shape index (κ1) is 17.2. The Morgan fingerprint density at radius 2 is 1.74 bits per heavy atom. The topological polar surface area (TPSA) is 47.6 Å². The molecule has 0 saturated heterocycles. The zero-order chi connectivity index (χ0) is 17.0. The lowest BCUT2D eigenvalue weighted by Crippen LogP contribution is -2.34. The average molecular weight is 334 g/mol. The van der Waals surface area contributed by atoms with Crippen LogP contribution in [0.4, 0.5) is 5.69 Å². The minimum atomic E-state index is -0.748. The molecule has 0 aliphatic rings. The number of rotatable bonds is 5. The largest absolute Gasteiger partial charge is 0.493 e. The van der Waals surface area contributed by atoms with E-state index in [9.17, 15) is 4.79 Å². The summed E-state index contributed by atoms with van der Waals surface area (Å²) in [6.45, 7) is 3.71. The number of ether oxygens (including phenoxy) is 2. The number of hydrogen-bond donors (Lipinski definition) is 1. The van der Waals surface area contributed by atoms with Gasteiger partial charge in [0.1, 0.15) is 0 Å². The standard InChI is InChI=1S/C18H20ClNO3/c1-18(2,12-8-9-15(22-3)16(10-12)23-4)17(21)20-14-7-5-6-13(19)11-14/h5-11H,1-4H3,(H,20,21). The summed E-state index contributed by atoms with van der Waals surface area (Å²) in [7, 11) is 3.15. The van der Waals surface area contributed by atoms with Gasteiger partial charge in [0.05, 0.1) is 19.6 Å². The van der Waals surface area contributed by atoms with Crippen molar-refractivity contribution in [3.63, 3.8) is 0 Å². The van der Waals surface area contributed by atoms with Gasteiger partial charge in [-0.15, -0.1) is 0 Å². The quantitative estimate of drug-likeness (QED) is 0.888. The molecule has 0 aliphatic carbocycles. The van der Waals surface area contributed by atoms with Gasteiger partial charge in [0.25, 0.3) is 0 Å². The van der Waals surface area contributed by atoms with Gasteiger partial charge in [-0.05, 0) is 49.7 Å². The lowest BCUT2D eigenvalue weighted by atomic mass is 9.83. The van der Waals surface area contributed by atoms with Crippen molar-refractivity contribution in [3.8, 4) is 11.5 Å². The summed E-state index contributed by atoms with van der Waals surface area (Å²) >= 11 is 5.95. The van der Waals surface area contributed by atoms with Crippen molar-refractivity contribution in [2.45, 2.75) is 19.3 Å². The Kier molecular flexibility index (Phi) is 5.16. The molecule has 0 spiro atoms. The molecule has 2 aromatic carbocycles. The van der Waals surface area contributed by atoms with E-state index in [1.807, 2.05) is 26.0 Å². The van der Waals surface area contributed by atoms with Gasteiger partial charge in [0.2, 0.25) is 5.91 Å². The molecule has 2 aromatic rings. The van der Waals surface area contributed by atoms with Crippen LogP contribution in [0.1, 0.15) is 19.4 Å². The van der Waals surface area contributed by atoms with Gasteiger partial charge in [0.15, 0.2) is 11.5 Å². The Bertz CT molecular complexity index is 713. The Morgan fingerprint density at radius 3 is 2.35 bits per heavy atom. The second kappa shape index (κ2) is 6.92. The van der Waals surface area contributed by atoms with E-state index in [0.29, 0.717) is 22.2 Å². The van der Waals surface area contributed by atoms with E-state index in [1.54, 1.807) is 44.6 Å². The zero-order valence-corrected chi connectivity index (χ0v) is 14.4. The molecule has 1 amide bonds. The molecule has 0 saturated carbocycles. The van der Waals surface area contributed by atoms with E-state index in [0.717, 1.165) is 5.56 Å². The molecule has 0 bridgehead atoms. The van der Waals surface area contributed by atoms with E-state index in [2.05, 4.69) is 5.32 Å². The van der Waals surface area contributed by atoms with Crippen molar-refractivity contribution in [2.75, 3.05) is 19.5 Å². The first-order valence-electron chi connectivity index (χ1n) is 7.18. The molecule has 23 heavy (non-hydrogen) atoms. The summed E-state index contributed by atoms with van der Waals surface area (Å²) in [6.07, 6.45) is 0. The fourth-order valence-corrected chi connectivity index (χ4v) is 2.40. The van der Waals surface area contributed by atoms with Crippen molar-refractivity contribution in [1.82, 2.24) is 0 Å². The van der Waals surface area contributed by atoms with Gasteiger partial charge in [-0.25, -0.2) is 0 Å². The van der Waals surface area contributed by atoms with Crippen LogP contribution in [0.15, 0.2) is 42.5 Å².